The van der Waals surface area contributed by atoms with Gasteiger partial charge in [-0.15, -0.1) is 0 Å². The van der Waals surface area contributed by atoms with Gasteiger partial charge in [0.25, 0.3) is 0 Å². The van der Waals surface area contributed by atoms with Gasteiger partial charge < -0.3 is 9.47 Å². The number of amides is 1. The average Bonchev–Trinajstić information content (AvgIpc) is 2.58. The molecule has 2 rings (SSSR count). The molecule has 0 aromatic heterocycles. The molecule has 0 radical (unpaired) electrons. The first-order valence-corrected chi connectivity index (χ1v) is 8.58. The third-order valence-corrected chi connectivity index (χ3v) is 3.60. The Balaban J connectivity index is 1.91. The Morgan fingerprint density at radius 1 is 1.00 bits per heavy atom. The van der Waals surface area contributed by atoms with Crippen molar-refractivity contribution in [2.24, 2.45) is 0 Å². The monoisotopic (exact) mass is 389 g/mol. The van der Waals surface area contributed by atoms with E-state index in [1.807, 2.05) is 0 Å². The quantitative estimate of drug-likeness (QED) is 0.590. The van der Waals surface area contributed by atoms with E-state index in [9.17, 15) is 14.4 Å². The van der Waals surface area contributed by atoms with Gasteiger partial charge in [0.15, 0.2) is 6.61 Å². The number of ether oxygens (including phenoxy) is 2. The van der Waals surface area contributed by atoms with Gasteiger partial charge in [-0.3, -0.25) is 10.1 Å². The molecule has 0 aliphatic carbocycles. The van der Waals surface area contributed by atoms with E-state index >= 15 is 0 Å². The van der Waals surface area contributed by atoms with Gasteiger partial charge in [-0.25, -0.2) is 9.59 Å². The number of Topliss-reactive ketones (excluding diaryl/α,β-unsaturated/α-hetero) is 1. The van der Waals surface area contributed by atoms with Crippen molar-refractivity contribution in [2.75, 3.05) is 11.9 Å². The molecule has 0 heterocycles. The second-order valence-corrected chi connectivity index (χ2v) is 7.09. The predicted molar refractivity (Wildman–Crippen MR) is 102 cm³/mol. The van der Waals surface area contributed by atoms with Gasteiger partial charge in [-0.1, -0.05) is 23.7 Å². The zero-order chi connectivity index (χ0) is 20.0. The molecule has 0 aliphatic heterocycles. The van der Waals surface area contributed by atoms with Crippen molar-refractivity contribution in [1.82, 2.24) is 0 Å². The smallest absolute Gasteiger partial charge is 0.412 e. The summed E-state index contributed by atoms with van der Waals surface area (Å²) in [5.41, 5.74) is 0.399. The Labute approximate surface area is 162 Å². The molecule has 6 nitrogen and oxygen atoms in total. The third-order valence-electron chi connectivity index (χ3n) is 3.27. The summed E-state index contributed by atoms with van der Waals surface area (Å²) in [6, 6.07) is 12.6. The number of halogens is 1. The van der Waals surface area contributed by atoms with Crippen molar-refractivity contribution in [3.8, 4) is 0 Å². The summed E-state index contributed by atoms with van der Waals surface area (Å²) in [5, 5.41) is 2.86. The lowest BCUT2D eigenvalue weighted by molar-refractivity contribution is 0.0474. The van der Waals surface area contributed by atoms with Gasteiger partial charge in [0, 0.05) is 11.3 Å². The van der Waals surface area contributed by atoms with E-state index in [-0.39, 0.29) is 5.56 Å². The summed E-state index contributed by atoms with van der Waals surface area (Å²) < 4.78 is 10.2. The molecular formula is C20H20ClNO5. The molecule has 0 saturated heterocycles. The number of nitrogens with one attached hydrogen (secondary N) is 1. The maximum absolute atomic E-state index is 12.1. The standard InChI is InChI=1S/C20H20ClNO5/c1-20(2,3)27-19(25)22-14-10-8-13(9-11-14)18(24)26-12-17(23)15-6-4-5-7-16(15)21/h4-11H,12H2,1-3H3,(H,22,25). The van der Waals surface area contributed by atoms with Gasteiger partial charge in [0.1, 0.15) is 5.60 Å². The molecule has 0 unspecified atom stereocenters. The topological polar surface area (TPSA) is 81.7 Å². The SMILES string of the molecule is CC(C)(C)OC(=O)Nc1ccc(C(=O)OCC(=O)c2ccccc2Cl)cc1. The van der Waals surface area contributed by atoms with Crippen LogP contribution >= 0.6 is 11.6 Å². The van der Waals surface area contributed by atoms with E-state index in [0.717, 1.165) is 0 Å². The summed E-state index contributed by atoms with van der Waals surface area (Å²) in [4.78, 5) is 35.8. The highest BCUT2D eigenvalue weighted by Gasteiger charge is 2.17. The minimum Gasteiger partial charge on any atom is -0.454 e. The zero-order valence-corrected chi connectivity index (χ0v) is 16.0. The van der Waals surface area contributed by atoms with Gasteiger partial charge in [0.05, 0.1) is 10.6 Å². The highest BCUT2D eigenvalue weighted by Crippen LogP contribution is 2.16. The van der Waals surface area contributed by atoms with Crippen LogP contribution in [0.2, 0.25) is 5.02 Å². The van der Waals surface area contributed by atoms with Crippen molar-refractivity contribution >= 4 is 35.1 Å². The van der Waals surface area contributed by atoms with Crippen LogP contribution in [0.3, 0.4) is 0 Å². The maximum Gasteiger partial charge on any atom is 0.412 e. The number of anilines is 1. The average molecular weight is 390 g/mol. The van der Waals surface area contributed by atoms with E-state index < -0.39 is 30.1 Å². The fourth-order valence-electron chi connectivity index (χ4n) is 2.09. The maximum atomic E-state index is 12.1. The first-order valence-electron chi connectivity index (χ1n) is 8.20. The lowest BCUT2D eigenvalue weighted by Gasteiger charge is -2.19. The van der Waals surface area contributed by atoms with Crippen molar-refractivity contribution in [1.29, 1.82) is 0 Å². The van der Waals surface area contributed by atoms with Crippen LogP contribution in [0.4, 0.5) is 10.5 Å². The van der Waals surface area contributed by atoms with Gasteiger partial charge in [-0.05, 0) is 57.2 Å². The molecule has 0 spiro atoms. The molecule has 2 aromatic carbocycles. The van der Waals surface area contributed by atoms with E-state index in [4.69, 9.17) is 21.1 Å². The number of carbonyl (C=O) groups excluding carboxylic acids is 3. The van der Waals surface area contributed by atoms with Crippen LogP contribution in [0.1, 0.15) is 41.5 Å². The number of esters is 1. The Morgan fingerprint density at radius 3 is 2.22 bits per heavy atom. The van der Waals surface area contributed by atoms with Crippen LogP contribution < -0.4 is 5.32 Å². The van der Waals surface area contributed by atoms with Gasteiger partial charge >= 0.3 is 12.1 Å². The van der Waals surface area contributed by atoms with E-state index in [2.05, 4.69) is 5.32 Å². The third kappa shape index (κ3) is 6.42. The van der Waals surface area contributed by atoms with Crippen molar-refractivity contribution in [3.63, 3.8) is 0 Å². The van der Waals surface area contributed by atoms with Crippen LogP contribution in [-0.2, 0) is 9.47 Å². The molecular weight excluding hydrogens is 370 g/mol. The summed E-state index contributed by atoms with van der Waals surface area (Å²) >= 11 is 5.94. The van der Waals surface area contributed by atoms with Crippen molar-refractivity contribution < 1.29 is 23.9 Å². The molecule has 27 heavy (non-hydrogen) atoms. The molecule has 0 fully saturated rings. The van der Waals surface area contributed by atoms with E-state index in [0.29, 0.717) is 16.3 Å². The second kappa shape index (κ2) is 8.68. The molecule has 0 saturated carbocycles. The van der Waals surface area contributed by atoms with Gasteiger partial charge in [-0.2, -0.15) is 0 Å². The van der Waals surface area contributed by atoms with Crippen molar-refractivity contribution in [3.05, 3.63) is 64.7 Å². The van der Waals surface area contributed by atoms with Gasteiger partial charge in [0.2, 0.25) is 5.78 Å². The second-order valence-electron chi connectivity index (χ2n) is 6.68. The van der Waals surface area contributed by atoms with Crippen LogP contribution in [0.5, 0.6) is 0 Å². The summed E-state index contributed by atoms with van der Waals surface area (Å²) in [6.07, 6.45) is -0.594. The number of hydrogen-bond donors (Lipinski definition) is 1. The molecule has 1 amide bonds. The molecule has 0 aliphatic rings. The van der Waals surface area contributed by atoms with Crippen LogP contribution in [0.15, 0.2) is 48.5 Å². The highest BCUT2D eigenvalue weighted by molar-refractivity contribution is 6.34. The molecule has 7 heteroatoms. The predicted octanol–water partition coefficient (Wildman–Crippen LogP) is 4.73. The fraction of sp³-hybridized carbons (Fsp3) is 0.250. The lowest BCUT2D eigenvalue weighted by atomic mass is 10.1. The lowest BCUT2D eigenvalue weighted by Crippen LogP contribution is -2.27. The van der Waals surface area contributed by atoms with Crippen molar-refractivity contribution in [2.45, 2.75) is 26.4 Å². The zero-order valence-electron chi connectivity index (χ0n) is 15.2. The normalized spacial score (nSPS) is 10.8. The minimum absolute atomic E-state index is 0.247. The largest absolute Gasteiger partial charge is 0.454 e. The highest BCUT2D eigenvalue weighted by atomic mass is 35.5. The number of hydrogen-bond acceptors (Lipinski definition) is 5. The summed E-state index contributed by atoms with van der Waals surface area (Å²) in [5.74, 6) is -1.05. The first-order chi connectivity index (χ1) is 12.7. The fourth-order valence-corrected chi connectivity index (χ4v) is 2.33. The number of benzene rings is 2. The summed E-state index contributed by atoms with van der Waals surface area (Å²) in [6.45, 7) is 4.86. The Kier molecular flexibility index (Phi) is 6.58. The van der Waals surface area contributed by atoms with Crippen LogP contribution in [-0.4, -0.2) is 30.1 Å². The first kappa shape index (κ1) is 20.5. The molecule has 2 aromatic rings. The van der Waals surface area contributed by atoms with E-state index in [1.54, 1.807) is 45.0 Å². The number of carbonyl (C=O) groups is 3. The molecule has 142 valence electrons. The van der Waals surface area contributed by atoms with Crippen LogP contribution in [0.25, 0.3) is 0 Å². The number of ketones is 1. The molecule has 0 atom stereocenters. The Hall–Kier alpha value is -2.86. The summed E-state index contributed by atoms with van der Waals surface area (Å²) in [7, 11) is 0. The Bertz CT molecular complexity index is 840. The molecule has 0 bridgehead atoms. The van der Waals surface area contributed by atoms with E-state index in [1.165, 1.54) is 24.3 Å². The minimum atomic E-state index is -0.653. The molecule has 1 N–H and O–H groups in total. The number of rotatable bonds is 5. The van der Waals surface area contributed by atoms with Crippen LogP contribution in [0, 0.1) is 0 Å². The Morgan fingerprint density at radius 2 is 1.63 bits per heavy atom.